The molecule has 0 amide bonds. The molecule has 6 heteroatoms. The average Bonchev–Trinajstić information content (AvgIpc) is 2.71. The van der Waals surface area contributed by atoms with E-state index in [0.29, 0.717) is 22.3 Å². The van der Waals surface area contributed by atoms with Gasteiger partial charge in [0.2, 0.25) is 0 Å². The molecular weight excluding hydrogens is 436 g/mol. The number of carbonyl (C=O) groups is 1. The first-order valence-corrected chi connectivity index (χ1v) is 10.9. The van der Waals surface area contributed by atoms with E-state index in [4.69, 9.17) is 10.00 Å². The number of benzene rings is 3. The molecule has 3 aromatic carbocycles. The maximum atomic E-state index is 15.2. The zero-order chi connectivity index (χ0) is 25.3. The summed E-state index contributed by atoms with van der Waals surface area (Å²) in [6.07, 6.45) is 0.273. The molecule has 0 saturated heterocycles. The maximum Gasteiger partial charge on any atom is 0.338 e. The van der Waals surface area contributed by atoms with E-state index in [-0.39, 0.29) is 23.1 Å². The topological polar surface area (TPSA) is 70.3 Å². The average molecular weight is 464 g/mol. The summed E-state index contributed by atoms with van der Waals surface area (Å²) in [4.78, 5) is 12.7. The second-order valence-electron chi connectivity index (χ2n) is 9.87. The van der Waals surface area contributed by atoms with Gasteiger partial charge in [0.1, 0.15) is 23.3 Å². The molecule has 0 aliphatic rings. The van der Waals surface area contributed by atoms with Gasteiger partial charge in [-0.25, -0.2) is 13.6 Å². The Labute approximate surface area is 198 Å². The molecule has 34 heavy (non-hydrogen) atoms. The van der Waals surface area contributed by atoms with Crippen molar-refractivity contribution in [3.05, 3.63) is 82.9 Å². The van der Waals surface area contributed by atoms with Gasteiger partial charge in [0.05, 0.1) is 16.7 Å². The Hall–Kier alpha value is -3.56. The predicted octanol–water partition coefficient (Wildman–Crippen LogP) is 6.44. The fraction of sp³-hybridized carbons (Fsp3) is 0.286. The molecule has 0 unspecified atom stereocenters. The quantitative estimate of drug-likeness (QED) is 0.442. The number of nitrogens with zero attached hydrogens (tertiary/aromatic N) is 1. The highest BCUT2D eigenvalue weighted by molar-refractivity contribution is 5.94. The Balaban J connectivity index is 2.16. The number of hydrogen-bond donors (Lipinski definition) is 1. The number of rotatable bonds is 5. The molecule has 0 fully saturated rings. The molecule has 0 aromatic heterocycles. The number of aliphatic hydroxyl groups is 1. The lowest BCUT2D eigenvalue weighted by Crippen LogP contribution is -2.23. The number of esters is 1. The predicted molar refractivity (Wildman–Crippen MR) is 127 cm³/mol. The molecule has 0 aliphatic heterocycles. The van der Waals surface area contributed by atoms with Crippen LogP contribution in [0.3, 0.4) is 0 Å². The third-order valence-corrected chi connectivity index (χ3v) is 5.02. The van der Waals surface area contributed by atoms with Crippen molar-refractivity contribution < 1.29 is 23.4 Å². The molecule has 0 bridgehead atoms. The number of nitriles is 1. The minimum absolute atomic E-state index is 0.115. The lowest BCUT2D eigenvalue weighted by Gasteiger charge is -2.20. The van der Waals surface area contributed by atoms with E-state index in [9.17, 15) is 14.3 Å². The van der Waals surface area contributed by atoms with Gasteiger partial charge in [0.15, 0.2) is 0 Å². The summed E-state index contributed by atoms with van der Waals surface area (Å²) in [5, 5.41) is 19.1. The van der Waals surface area contributed by atoms with Crippen LogP contribution in [0.1, 0.15) is 56.1 Å². The van der Waals surface area contributed by atoms with Crippen LogP contribution in [-0.4, -0.2) is 22.3 Å². The highest BCUT2D eigenvalue weighted by atomic mass is 19.1. The molecule has 0 saturated carbocycles. The Morgan fingerprint density at radius 1 is 0.912 bits per heavy atom. The Morgan fingerprint density at radius 2 is 1.59 bits per heavy atom. The molecule has 176 valence electrons. The minimum atomic E-state index is -0.992. The smallest absolute Gasteiger partial charge is 0.338 e. The van der Waals surface area contributed by atoms with Crippen molar-refractivity contribution in [2.75, 3.05) is 0 Å². The van der Waals surface area contributed by atoms with Gasteiger partial charge in [-0.05, 0) is 87.2 Å². The molecule has 0 aliphatic carbocycles. The first-order chi connectivity index (χ1) is 15.8. The Morgan fingerprint density at radius 3 is 2.15 bits per heavy atom. The van der Waals surface area contributed by atoms with Crippen molar-refractivity contribution in [1.29, 1.82) is 5.26 Å². The van der Waals surface area contributed by atoms with Gasteiger partial charge in [-0.2, -0.15) is 5.26 Å². The van der Waals surface area contributed by atoms with E-state index in [0.717, 1.165) is 0 Å². The molecule has 0 radical (unpaired) electrons. The van der Waals surface area contributed by atoms with Gasteiger partial charge in [-0.1, -0.05) is 24.3 Å². The number of halogens is 2. The van der Waals surface area contributed by atoms with E-state index in [1.54, 1.807) is 65.0 Å². The van der Waals surface area contributed by atoms with Gasteiger partial charge in [-0.15, -0.1) is 0 Å². The van der Waals surface area contributed by atoms with E-state index in [2.05, 4.69) is 0 Å². The molecule has 3 aromatic rings. The summed E-state index contributed by atoms with van der Waals surface area (Å²) in [7, 11) is 0. The Kier molecular flexibility index (Phi) is 6.90. The number of ether oxygens (including phenoxy) is 1. The monoisotopic (exact) mass is 463 g/mol. The van der Waals surface area contributed by atoms with Crippen molar-refractivity contribution in [2.24, 2.45) is 0 Å². The van der Waals surface area contributed by atoms with Crippen LogP contribution in [0.25, 0.3) is 22.3 Å². The summed E-state index contributed by atoms with van der Waals surface area (Å²) in [6, 6.07) is 15.2. The second-order valence-corrected chi connectivity index (χ2v) is 9.87. The number of hydrogen-bond acceptors (Lipinski definition) is 4. The van der Waals surface area contributed by atoms with Crippen LogP contribution >= 0.6 is 0 Å². The SMILES string of the molecule is CC(C)(O)Cc1ccc(-c2ccc(C(=O)OC(C)(C)C)cc2-c2ccc(C#N)c(F)c2)c(F)c1. The van der Waals surface area contributed by atoms with Crippen LogP contribution in [0.2, 0.25) is 0 Å². The van der Waals surface area contributed by atoms with Crippen molar-refractivity contribution >= 4 is 5.97 Å². The highest BCUT2D eigenvalue weighted by Crippen LogP contribution is 2.36. The highest BCUT2D eigenvalue weighted by Gasteiger charge is 2.21. The fourth-order valence-corrected chi connectivity index (χ4v) is 3.64. The van der Waals surface area contributed by atoms with Crippen LogP contribution in [0.15, 0.2) is 54.6 Å². The summed E-state index contributed by atoms with van der Waals surface area (Å²) >= 11 is 0. The minimum Gasteiger partial charge on any atom is -0.456 e. The third-order valence-electron chi connectivity index (χ3n) is 5.02. The summed E-state index contributed by atoms with van der Waals surface area (Å²) in [5.74, 6) is -1.79. The molecule has 1 N–H and O–H groups in total. The van der Waals surface area contributed by atoms with E-state index in [1.807, 2.05) is 0 Å². The third kappa shape index (κ3) is 6.06. The van der Waals surface area contributed by atoms with Crippen LogP contribution in [0.4, 0.5) is 8.78 Å². The maximum absolute atomic E-state index is 15.2. The van der Waals surface area contributed by atoms with Crippen molar-refractivity contribution in [3.8, 4) is 28.3 Å². The molecule has 0 spiro atoms. The van der Waals surface area contributed by atoms with E-state index >= 15 is 4.39 Å². The van der Waals surface area contributed by atoms with Crippen LogP contribution in [-0.2, 0) is 11.2 Å². The molecular formula is C28H27F2NO3. The molecule has 4 nitrogen and oxygen atoms in total. The van der Waals surface area contributed by atoms with Crippen LogP contribution in [0, 0.1) is 23.0 Å². The van der Waals surface area contributed by atoms with Gasteiger partial charge in [0.25, 0.3) is 0 Å². The molecule has 0 heterocycles. The Bertz CT molecular complexity index is 1280. The summed E-state index contributed by atoms with van der Waals surface area (Å²) in [5.41, 5.74) is 0.558. The van der Waals surface area contributed by atoms with Gasteiger partial charge in [0, 0.05) is 12.0 Å². The normalized spacial score (nSPS) is 11.7. The largest absolute Gasteiger partial charge is 0.456 e. The van der Waals surface area contributed by atoms with Crippen molar-refractivity contribution in [3.63, 3.8) is 0 Å². The second kappa shape index (κ2) is 9.36. The summed E-state index contributed by atoms with van der Waals surface area (Å²) in [6.45, 7) is 8.54. The fourth-order valence-electron chi connectivity index (χ4n) is 3.64. The lowest BCUT2D eigenvalue weighted by atomic mass is 9.90. The summed E-state index contributed by atoms with van der Waals surface area (Å²) < 4.78 is 35.1. The van der Waals surface area contributed by atoms with Crippen molar-refractivity contribution in [2.45, 2.75) is 52.2 Å². The van der Waals surface area contributed by atoms with Gasteiger partial charge < -0.3 is 9.84 Å². The first kappa shape index (κ1) is 25.1. The first-order valence-electron chi connectivity index (χ1n) is 10.9. The molecule has 3 rings (SSSR count). The van der Waals surface area contributed by atoms with Crippen LogP contribution < -0.4 is 0 Å². The number of carbonyl (C=O) groups excluding carboxylic acids is 1. The standard InChI is InChI=1S/C28H27F2NO3/c1-27(2,3)34-26(32)19-9-11-21(22-10-6-17(12-25(22)30)15-28(4,5)33)23(13-19)18-7-8-20(16-31)24(29)14-18/h6-14,33H,15H2,1-5H3. The van der Waals surface area contributed by atoms with Gasteiger partial charge >= 0.3 is 5.97 Å². The van der Waals surface area contributed by atoms with Crippen LogP contribution in [0.5, 0.6) is 0 Å². The lowest BCUT2D eigenvalue weighted by molar-refractivity contribution is 0.00694. The van der Waals surface area contributed by atoms with Gasteiger partial charge in [-0.3, -0.25) is 0 Å². The van der Waals surface area contributed by atoms with Crippen molar-refractivity contribution in [1.82, 2.24) is 0 Å². The zero-order valence-corrected chi connectivity index (χ0v) is 19.9. The van der Waals surface area contributed by atoms with E-state index in [1.165, 1.54) is 30.3 Å². The zero-order valence-electron chi connectivity index (χ0n) is 19.9. The molecule has 0 atom stereocenters. The van der Waals surface area contributed by atoms with E-state index < -0.39 is 28.8 Å².